The first-order valence-electron chi connectivity index (χ1n) is 14.1. The van der Waals surface area contributed by atoms with Gasteiger partial charge in [0.1, 0.15) is 37.4 Å². The van der Waals surface area contributed by atoms with E-state index in [-0.39, 0.29) is 41.1 Å². The van der Waals surface area contributed by atoms with Gasteiger partial charge in [0.25, 0.3) is 10.0 Å². The molecule has 5 rings (SSSR count). The molecule has 1 atom stereocenters. The summed E-state index contributed by atoms with van der Waals surface area (Å²) in [7, 11) is -4.42. The Kier molecular flexibility index (Phi) is 9.14. The van der Waals surface area contributed by atoms with Crippen molar-refractivity contribution in [2.75, 3.05) is 24.1 Å². The van der Waals surface area contributed by atoms with E-state index in [9.17, 15) is 26.8 Å². The van der Waals surface area contributed by atoms with Crippen LogP contribution in [0.5, 0.6) is 11.5 Å². The van der Waals surface area contributed by atoms with Crippen LogP contribution in [0.2, 0.25) is 0 Å². The molecule has 1 fully saturated rings. The van der Waals surface area contributed by atoms with Crippen molar-refractivity contribution in [3.8, 4) is 11.5 Å². The van der Waals surface area contributed by atoms with E-state index < -0.39 is 46.1 Å². The number of hydrogen-bond donors (Lipinski definition) is 1. The van der Waals surface area contributed by atoms with E-state index in [1.807, 2.05) is 0 Å². The van der Waals surface area contributed by atoms with Crippen molar-refractivity contribution < 1.29 is 36.3 Å². The lowest BCUT2D eigenvalue weighted by atomic mass is 10.1. The van der Waals surface area contributed by atoms with Gasteiger partial charge in [-0.1, -0.05) is 31.0 Å². The Morgan fingerprint density at radius 1 is 0.953 bits per heavy atom. The van der Waals surface area contributed by atoms with E-state index in [4.69, 9.17) is 9.47 Å². The Morgan fingerprint density at radius 3 is 2.33 bits per heavy atom. The molecule has 228 valence electrons. The normalized spacial score (nSPS) is 15.5. The Balaban J connectivity index is 1.49. The molecule has 1 aliphatic heterocycles. The zero-order chi connectivity index (χ0) is 30.6. The minimum atomic E-state index is -4.42. The standard InChI is InChI=1S/C31H33F2N3O6S/c1-21(31(38)34-24-7-3-4-8-24)35(19-22-6-2-5-9-27(22)33)30(37)20-36(25-12-10-23(32)11-13-25)43(39,40)26-14-15-28-29(18-26)42-17-16-41-28/h2,5-6,9-15,18,21,24H,3-4,7-8,16-17,19-20H2,1H3,(H,34,38). The van der Waals surface area contributed by atoms with Gasteiger partial charge in [-0.15, -0.1) is 0 Å². The van der Waals surface area contributed by atoms with E-state index in [1.165, 1.54) is 60.4 Å². The second-order valence-corrected chi connectivity index (χ2v) is 12.4. The Labute approximate surface area is 249 Å². The highest BCUT2D eigenvalue weighted by molar-refractivity contribution is 7.92. The first kappa shape index (κ1) is 30.3. The molecule has 1 saturated carbocycles. The molecule has 12 heteroatoms. The summed E-state index contributed by atoms with van der Waals surface area (Å²) in [6.07, 6.45) is 3.63. The van der Waals surface area contributed by atoms with Crippen LogP contribution in [0.4, 0.5) is 14.5 Å². The first-order chi connectivity index (χ1) is 20.6. The topological polar surface area (TPSA) is 105 Å². The molecule has 0 bridgehead atoms. The van der Waals surface area contributed by atoms with Crippen molar-refractivity contribution in [2.45, 2.75) is 56.1 Å². The fraction of sp³-hybridized carbons (Fsp3) is 0.355. The number of benzene rings is 3. The summed E-state index contributed by atoms with van der Waals surface area (Å²) in [5.41, 5.74) is 0.193. The van der Waals surface area contributed by atoms with Gasteiger partial charge < -0.3 is 19.7 Å². The van der Waals surface area contributed by atoms with E-state index in [0.29, 0.717) is 12.4 Å². The fourth-order valence-electron chi connectivity index (χ4n) is 5.23. The van der Waals surface area contributed by atoms with Crippen molar-refractivity contribution in [1.82, 2.24) is 10.2 Å². The molecule has 1 N–H and O–H groups in total. The Bertz CT molecular complexity index is 1580. The summed E-state index contributed by atoms with van der Waals surface area (Å²) >= 11 is 0. The lowest BCUT2D eigenvalue weighted by molar-refractivity contribution is -0.139. The summed E-state index contributed by atoms with van der Waals surface area (Å²) in [6, 6.07) is 13.6. The Hall–Kier alpha value is -4.19. The van der Waals surface area contributed by atoms with Gasteiger partial charge in [0, 0.05) is 24.2 Å². The number of nitrogens with one attached hydrogen (secondary N) is 1. The molecule has 9 nitrogen and oxygen atoms in total. The molecular formula is C31H33F2N3O6S. The number of halogens is 2. The molecule has 0 spiro atoms. The van der Waals surface area contributed by atoms with Crippen LogP contribution in [-0.4, -0.2) is 57.0 Å². The number of rotatable bonds is 10. The molecule has 1 unspecified atom stereocenters. The minimum Gasteiger partial charge on any atom is -0.486 e. The number of carbonyl (C=O) groups excluding carboxylic acids is 2. The van der Waals surface area contributed by atoms with Gasteiger partial charge in [-0.05, 0) is 62.2 Å². The SMILES string of the molecule is CC(C(=O)NC1CCCC1)N(Cc1ccccc1F)C(=O)CN(c1ccc(F)cc1)S(=O)(=O)c1ccc2c(c1)OCCO2. The summed E-state index contributed by atoms with van der Waals surface area (Å²) in [6.45, 7) is 1.08. The van der Waals surface area contributed by atoms with Gasteiger partial charge in [0.2, 0.25) is 11.8 Å². The quantitative estimate of drug-likeness (QED) is 0.363. The van der Waals surface area contributed by atoms with Crippen molar-refractivity contribution in [2.24, 2.45) is 0 Å². The van der Waals surface area contributed by atoms with E-state index >= 15 is 0 Å². The highest BCUT2D eigenvalue weighted by Crippen LogP contribution is 2.34. The van der Waals surface area contributed by atoms with Gasteiger partial charge in [-0.2, -0.15) is 0 Å². The van der Waals surface area contributed by atoms with Gasteiger partial charge in [0.15, 0.2) is 11.5 Å². The van der Waals surface area contributed by atoms with E-state index in [2.05, 4.69) is 5.32 Å². The van der Waals surface area contributed by atoms with Crippen LogP contribution in [0, 0.1) is 11.6 Å². The van der Waals surface area contributed by atoms with Gasteiger partial charge >= 0.3 is 0 Å². The highest BCUT2D eigenvalue weighted by Gasteiger charge is 2.34. The average Bonchev–Trinajstić information content (AvgIpc) is 3.52. The van der Waals surface area contributed by atoms with Crippen molar-refractivity contribution in [3.63, 3.8) is 0 Å². The zero-order valence-electron chi connectivity index (χ0n) is 23.7. The number of ether oxygens (including phenoxy) is 2. The third kappa shape index (κ3) is 6.90. The largest absolute Gasteiger partial charge is 0.486 e. The number of carbonyl (C=O) groups is 2. The van der Waals surface area contributed by atoms with Gasteiger partial charge in [-0.3, -0.25) is 13.9 Å². The van der Waals surface area contributed by atoms with Crippen molar-refractivity contribution in [3.05, 3.63) is 83.9 Å². The Morgan fingerprint density at radius 2 is 1.63 bits per heavy atom. The number of anilines is 1. The molecule has 0 radical (unpaired) electrons. The lowest BCUT2D eigenvalue weighted by Gasteiger charge is -2.32. The molecule has 0 saturated heterocycles. The third-order valence-corrected chi connectivity index (χ3v) is 9.43. The second-order valence-electron chi connectivity index (χ2n) is 10.6. The predicted octanol–water partition coefficient (Wildman–Crippen LogP) is 4.41. The molecule has 2 aliphatic rings. The number of nitrogens with zero attached hydrogens (tertiary/aromatic N) is 2. The van der Waals surface area contributed by atoms with Crippen LogP contribution in [-0.2, 0) is 26.2 Å². The van der Waals surface area contributed by atoms with Crippen LogP contribution in [0.25, 0.3) is 0 Å². The van der Waals surface area contributed by atoms with Gasteiger partial charge in [0.05, 0.1) is 10.6 Å². The van der Waals surface area contributed by atoms with Crippen molar-refractivity contribution in [1.29, 1.82) is 0 Å². The molecular weight excluding hydrogens is 580 g/mol. The summed E-state index contributed by atoms with van der Waals surface area (Å²) in [5.74, 6) is -1.71. The monoisotopic (exact) mass is 613 g/mol. The number of hydrogen-bond acceptors (Lipinski definition) is 6. The maximum absolute atomic E-state index is 14.7. The van der Waals surface area contributed by atoms with E-state index in [1.54, 1.807) is 6.07 Å². The van der Waals surface area contributed by atoms with Crippen LogP contribution in [0.1, 0.15) is 38.2 Å². The van der Waals surface area contributed by atoms with Gasteiger partial charge in [-0.25, -0.2) is 17.2 Å². The average molecular weight is 614 g/mol. The van der Waals surface area contributed by atoms with Crippen LogP contribution >= 0.6 is 0 Å². The molecule has 1 heterocycles. The number of fused-ring (bicyclic) bond motifs is 1. The minimum absolute atomic E-state index is 0.0216. The second kappa shape index (κ2) is 13.0. The molecule has 1 aliphatic carbocycles. The van der Waals surface area contributed by atoms with E-state index in [0.717, 1.165) is 42.1 Å². The zero-order valence-corrected chi connectivity index (χ0v) is 24.5. The maximum atomic E-state index is 14.7. The highest BCUT2D eigenvalue weighted by atomic mass is 32.2. The maximum Gasteiger partial charge on any atom is 0.264 e. The fourth-order valence-corrected chi connectivity index (χ4v) is 6.66. The molecule has 3 aromatic rings. The molecule has 43 heavy (non-hydrogen) atoms. The number of amides is 2. The number of sulfonamides is 1. The molecule has 2 amide bonds. The summed E-state index contributed by atoms with van der Waals surface area (Å²) < 4.78 is 68.5. The summed E-state index contributed by atoms with van der Waals surface area (Å²) in [4.78, 5) is 28.3. The van der Waals surface area contributed by atoms with Crippen LogP contribution in [0.15, 0.2) is 71.6 Å². The van der Waals surface area contributed by atoms with Crippen molar-refractivity contribution >= 4 is 27.5 Å². The predicted molar refractivity (Wildman–Crippen MR) is 155 cm³/mol. The molecule has 0 aromatic heterocycles. The van der Waals surface area contributed by atoms with Crippen LogP contribution in [0.3, 0.4) is 0 Å². The first-order valence-corrected chi connectivity index (χ1v) is 15.6. The molecule has 3 aromatic carbocycles. The smallest absolute Gasteiger partial charge is 0.264 e. The lowest BCUT2D eigenvalue weighted by Crippen LogP contribution is -2.52. The summed E-state index contributed by atoms with van der Waals surface area (Å²) in [5, 5.41) is 2.96. The van der Waals surface area contributed by atoms with Crippen LogP contribution < -0.4 is 19.1 Å². The third-order valence-electron chi connectivity index (χ3n) is 7.66.